The first kappa shape index (κ1) is 22.9. The molecule has 0 bridgehead atoms. The number of ether oxygens (including phenoxy) is 1. The fourth-order valence-electron chi connectivity index (χ4n) is 3.35. The summed E-state index contributed by atoms with van der Waals surface area (Å²) < 4.78 is 5.49. The second kappa shape index (κ2) is 11.6. The molecule has 2 rings (SSSR count). The third-order valence-corrected chi connectivity index (χ3v) is 5.37. The van der Waals surface area contributed by atoms with E-state index in [1.165, 1.54) is 12.8 Å². The summed E-state index contributed by atoms with van der Waals surface area (Å²) in [5, 5.41) is 7.01. The molecule has 1 saturated carbocycles. The van der Waals surface area contributed by atoms with E-state index in [1.54, 1.807) is 0 Å². The predicted octanol–water partition coefficient (Wildman–Crippen LogP) is 1.61. The van der Waals surface area contributed by atoms with E-state index in [1.807, 2.05) is 7.05 Å². The van der Waals surface area contributed by atoms with Gasteiger partial charge in [-0.3, -0.25) is 14.8 Å². The van der Waals surface area contributed by atoms with Crippen molar-refractivity contribution in [3.8, 4) is 0 Å². The van der Waals surface area contributed by atoms with Crippen LogP contribution >= 0.6 is 24.0 Å². The number of hydrogen-bond donors (Lipinski definition) is 2. The minimum Gasteiger partial charge on any atom is -0.379 e. The van der Waals surface area contributed by atoms with Crippen LogP contribution in [0.25, 0.3) is 0 Å². The molecule has 2 unspecified atom stereocenters. The summed E-state index contributed by atoms with van der Waals surface area (Å²) in [7, 11) is 4.08. The van der Waals surface area contributed by atoms with Crippen LogP contribution in [0.2, 0.25) is 0 Å². The molecule has 1 aliphatic heterocycles. The number of rotatable bonds is 8. The van der Waals surface area contributed by atoms with Gasteiger partial charge < -0.3 is 15.4 Å². The topological polar surface area (TPSA) is 52.1 Å². The molecule has 2 atom stereocenters. The largest absolute Gasteiger partial charge is 0.379 e. The first-order chi connectivity index (χ1) is 11.5. The molecule has 0 aromatic heterocycles. The second-order valence-electron chi connectivity index (χ2n) is 7.54. The van der Waals surface area contributed by atoms with E-state index in [0.717, 1.165) is 51.4 Å². The van der Waals surface area contributed by atoms with Crippen molar-refractivity contribution in [3.05, 3.63) is 0 Å². The molecule has 7 heteroatoms. The molecule has 1 saturated heterocycles. The molecule has 0 aromatic carbocycles. The second-order valence-corrected chi connectivity index (χ2v) is 7.54. The van der Waals surface area contributed by atoms with Gasteiger partial charge >= 0.3 is 0 Å². The number of hydrogen-bond acceptors (Lipinski definition) is 4. The third-order valence-electron chi connectivity index (χ3n) is 5.37. The van der Waals surface area contributed by atoms with E-state index in [2.05, 4.69) is 53.2 Å². The number of likely N-dealkylation sites (N-methyl/N-ethyl adjacent to an activating group) is 1. The SMILES string of the molecule is CN=C(NCC(C(C)C)N1CCOCC1)NCC(C)N(C)C1CC1.I. The quantitative estimate of drug-likeness (QED) is 0.323. The monoisotopic (exact) mass is 467 g/mol. The number of halogens is 1. The Hall–Kier alpha value is -0.120. The van der Waals surface area contributed by atoms with E-state index in [0.29, 0.717) is 18.0 Å². The zero-order valence-corrected chi connectivity index (χ0v) is 19.0. The molecule has 1 heterocycles. The van der Waals surface area contributed by atoms with E-state index in [-0.39, 0.29) is 24.0 Å². The minimum atomic E-state index is 0. The molecule has 0 spiro atoms. The van der Waals surface area contributed by atoms with Gasteiger partial charge in [0, 0.05) is 51.4 Å². The van der Waals surface area contributed by atoms with E-state index >= 15 is 0 Å². The first-order valence-corrected chi connectivity index (χ1v) is 9.51. The highest BCUT2D eigenvalue weighted by Crippen LogP contribution is 2.26. The normalized spacial score (nSPS) is 21.8. The Morgan fingerprint density at radius 1 is 1.16 bits per heavy atom. The molecule has 2 fully saturated rings. The summed E-state index contributed by atoms with van der Waals surface area (Å²) in [6.07, 6.45) is 2.70. The number of nitrogens with zero attached hydrogens (tertiary/aromatic N) is 3. The smallest absolute Gasteiger partial charge is 0.191 e. The fourth-order valence-corrected chi connectivity index (χ4v) is 3.35. The molecule has 0 amide bonds. The van der Waals surface area contributed by atoms with Crippen LogP contribution in [-0.4, -0.2) is 87.4 Å². The maximum absolute atomic E-state index is 5.49. The van der Waals surface area contributed by atoms with Gasteiger partial charge in [-0.1, -0.05) is 13.8 Å². The maximum atomic E-state index is 5.49. The van der Waals surface area contributed by atoms with E-state index < -0.39 is 0 Å². The highest BCUT2D eigenvalue weighted by molar-refractivity contribution is 14.0. The van der Waals surface area contributed by atoms with Crippen molar-refractivity contribution in [1.82, 2.24) is 20.4 Å². The molecule has 2 aliphatic rings. The van der Waals surface area contributed by atoms with Crippen molar-refractivity contribution in [1.29, 1.82) is 0 Å². The summed E-state index contributed by atoms with van der Waals surface area (Å²) in [6.45, 7) is 12.5. The van der Waals surface area contributed by atoms with Gasteiger partial charge in [0.05, 0.1) is 13.2 Å². The van der Waals surface area contributed by atoms with Crippen LogP contribution in [-0.2, 0) is 4.74 Å². The van der Waals surface area contributed by atoms with Crippen LogP contribution in [0.3, 0.4) is 0 Å². The van der Waals surface area contributed by atoms with Crippen LogP contribution in [0.5, 0.6) is 0 Å². The lowest BCUT2D eigenvalue weighted by atomic mass is 10.0. The molecular weight excluding hydrogens is 429 g/mol. The van der Waals surface area contributed by atoms with Gasteiger partial charge in [-0.25, -0.2) is 0 Å². The molecule has 148 valence electrons. The Bertz CT molecular complexity index is 397. The third kappa shape index (κ3) is 7.56. The van der Waals surface area contributed by atoms with Gasteiger partial charge in [0.2, 0.25) is 0 Å². The molecule has 0 radical (unpaired) electrons. The van der Waals surface area contributed by atoms with E-state index in [9.17, 15) is 0 Å². The Balaban J connectivity index is 0.00000312. The highest BCUT2D eigenvalue weighted by atomic mass is 127. The van der Waals surface area contributed by atoms with Crippen molar-refractivity contribution in [2.45, 2.75) is 51.7 Å². The van der Waals surface area contributed by atoms with Gasteiger partial charge in [0.15, 0.2) is 5.96 Å². The van der Waals surface area contributed by atoms with Crippen molar-refractivity contribution >= 4 is 29.9 Å². The van der Waals surface area contributed by atoms with Crippen LogP contribution in [0.1, 0.15) is 33.6 Å². The van der Waals surface area contributed by atoms with Crippen LogP contribution in [0.15, 0.2) is 4.99 Å². The van der Waals surface area contributed by atoms with E-state index in [4.69, 9.17) is 4.74 Å². The first-order valence-electron chi connectivity index (χ1n) is 9.51. The Labute approximate surface area is 171 Å². The lowest BCUT2D eigenvalue weighted by Gasteiger charge is -2.37. The summed E-state index contributed by atoms with van der Waals surface area (Å²) >= 11 is 0. The zero-order chi connectivity index (χ0) is 17.5. The van der Waals surface area contributed by atoms with Gasteiger partial charge in [0.1, 0.15) is 0 Å². The summed E-state index contributed by atoms with van der Waals surface area (Å²) in [5.41, 5.74) is 0. The van der Waals surface area contributed by atoms with Crippen LogP contribution < -0.4 is 10.6 Å². The van der Waals surface area contributed by atoms with Gasteiger partial charge in [0.25, 0.3) is 0 Å². The number of guanidine groups is 1. The molecular formula is C18H38IN5O. The number of morpholine rings is 1. The van der Waals surface area contributed by atoms with Crippen molar-refractivity contribution in [2.75, 3.05) is 53.5 Å². The van der Waals surface area contributed by atoms with Crippen molar-refractivity contribution in [2.24, 2.45) is 10.9 Å². The Morgan fingerprint density at radius 3 is 2.28 bits per heavy atom. The summed E-state index contributed by atoms with van der Waals surface area (Å²) in [4.78, 5) is 9.41. The standard InChI is InChI=1S/C18H37N5O.HI/c1-14(2)17(23-8-10-24-11-9-23)13-21-18(19-4)20-12-15(3)22(5)16-6-7-16;/h14-17H,6-13H2,1-5H3,(H2,19,20,21);1H. The summed E-state index contributed by atoms with van der Waals surface area (Å²) in [6, 6.07) is 1.83. The van der Waals surface area contributed by atoms with Crippen molar-refractivity contribution in [3.63, 3.8) is 0 Å². The van der Waals surface area contributed by atoms with Gasteiger partial charge in [-0.05, 0) is 32.7 Å². The minimum absolute atomic E-state index is 0. The lowest BCUT2D eigenvalue weighted by molar-refractivity contribution is 0.00752. The molecule has 0 aromatic rings. The Kier molecular flexibility index (Phi) is 10.6. The zero-order valence-electron chi connectivity index (χ0n) is 16.6. The fraction of sp³-hybridized carbons (Fsp3) is 0.944. The molecule has 2 N–H and O–H groups in total. The van der Waals surface area contributed by atoms with Gasteiger partial charge in [-0.15, -0.1) is 24.0 Å². The number of aliphatic imine (C=N–C) groups is 1. The van der Waals surface area contributed by atoms with Gasteiger partial charge in [-0.2, -0.15) is 0 Å². The van der Waals surface area contributed by atoms with Crippen LogP contribution in [0.4, 0.5) is 0 Å². The highest BCUT2D eigenvalue weighted by Gasteiger charge is 2.29. The average molecular weight is 467 g/mol. The molecule has 1 aliphatic carbocycles. The predicted molar refractivity (Wildman–Crippen MR) is 116 cm³/mol. The average Bonchev–Trinajstić information content (AvgIpc) is 3.42. The van der Waals surface area contributed by atoms with Crippen LogP contribution in [0, 0.1) is 5.92 Å². The maximum Gasteiger partial charge on any atom is 0.191 e. The Morgan fingerprint density at radius 2 is 1.76 bits per heavy atom. The molecule has 25 heavy (non-hydrogen) atoms. The van der Waals surface area contributed by atoms with Crippen molar-refractivity contribution < 1.29 is 4.74 Å². The molecule has 6 nitrogen and oxygen atoms in total. The lowest BCUT2D eigenvalue weighted by Crippen LogP contribution is -2.53. The summed E-state index contributed by atoms with van der Waals surface area (Å²) in [5.74, 6) is 1.51. The number of nitrogens with one attached hydrogen (secondary N) is 2.